The van der Waals surface area contributed by atoms with Crippen LogP contribution in [0.3, 0.4) is 0 Å². The standard InChI is InChI=1S/C15H15FO5/c1-10(17)20-8-12(9-21-11(2)18)7-15(19)13-3-5-14(16)6-4-13/h3-7H,8-9H2,1-2H3. The fourth-order valence-corrected chi connectivity index (χ4v) is 1.40. The molecule has 5 nitrogen and oxygen atoms in total. The normalized spacial score (nSPS) is 9.67. The van der Waals surface area contributed by atoms with Crippen LogP contribution >= 0.6 is 0 Å². The molecule has 0 aliphatic carbocycles. The number of ether oxygens (including phenoxy) is 2. The molecule has 0 aliphatic heterocycles. The SMILES string of the molecule is CC(=O)OCC(=CC(=O)c1ccc(F)cc1)COC(C)=O. The van der Waals surface area contributed by atoms with Gasteiger partial charge in [-0.3, -0.25) is 14.4 Å². The van der Waals surface area contributed by atoms with E-state index < -0.39 is 23.5 Å². The lowest BCUT2D eigenvalue weighted by molar-refractivity contribution is -0.141. The van der Waals surface area contributed by atoms with E-state index in [1.807, 2.05) is 0 Å². The second-order valence-corrected chi connectivity index (χ2v) is 4.23. The number of esters is 2. The van der Waals surface area contributed by atoms with Gasteiger partial charge in [0.05, 0.1) is 0 Å². The third-order valence-electron chi connectivity index (χ3n) is 2.39. The lowest BCUT2D eigenvalue weighted by atomic mass is 10.1. The first-order valence-corrected chi connectivity index (χ1v) is 6.14. The van der Waals surface area contributed by atoms with Crippen LogP contribution in [0.5, 0.6) is 0 Å². The highest BCUT2D eigenvalue weighted by Gasteiger charge is 2.08. The Morgan fingerprint density at radius 3 is 1.90 bits per heavy atom. The minimum Gasteiger partial charge on any atom is -0.461 e. The minimum absolute atomic E-state index is 0.157. The Morgan fingerprint density at radius 2 is 1.48 bits per heavy atom. The molecule has 0 spiro atoms. The fourth-order valence-electron chi connectivity index (χ4n) is 1.40. The molecule has 0 aliphatic rings. The number of carbonyl (C=O) groups excluding carboxylic acids is 3. The lowest BCUT2D eigenvalue weighted by Gasteiger charge is -2.08. The van der Waals surface area contributed by atoms with Crippen molar-refractivity contribution in [2.24, 2.45) is 0 Å². The Balaban J connectivity index is 2.83. The molecule has 1 aromatic rings. The molecule has 0 N–H and O–H groups in total. The molecule has 112 valence electrons. The molecule has 0 heterocycles. The number of rotatable bonds is 6. The van der Waals surface area contributed by atoms with Crippen LogP contribution in [0.1, 0.15) is 24.2 Å². The van der Waals surface area contributed by atoms with E-state index in [1.54, 1.807) is 0 Å². The highest BCUT2D eigenvalue weighted by Crippen LogP contribution is 2.07. The maximum absolute atomic E-state index is 12.8. The van der Waals surface area contributed by atoms with Crippen LogP contribution < -0.4 is 0 Å². The van der Waals surface area contributed by atoms with Gasteiger partial charge in [0.15, 0.2) is 5.78 Å². The highest BCUT2D eigenvalue weighted by molar-refractivity contribution is 6.04. The molecule has 0 saturated carbocycles. The Morgan fingerprint density at radius 1 is 1.00 bits per heavy atom. The van der Waals surface area contributed by atoms with Gasteiger partial charge in [-0.05, 0) is 30.3 Å². The van der Waals surface area contributed by atoms with E-state index in [1.165, 1.54) is 44.2 Å². The molecule has 0 saturated heterocycles. The van der Waals surface area contributed by atoms with E-state index in [0.717, 1.165) is 0 Å². The van der Waals surface area contributed by atoms with Crippen molar-refractivity contribution < 1.29 is 28.2 Å². The minimum atomic E-state index is -0.516. The second-order valence-electron chi connectivity index (χ2n) is 4.23. The molecule has 1 rings (SSSR count). The van der Waals surface area contributed by atoms with Crippen molar-refractivity contribution in [3.05, 3.63) is 47.3 Å². The molecule has 6 heteroatoms. The van der Waals surface area contributed by atoms with E-state index in [-0.39, 0.29) is 18.8 Å². The third-order valence-corrected chi connectivity index (χ3v) is 2.39. The van der Waals surface area contributed by atoms with E-state index in [2.05, 4.69) is 0 Å². The van der Waals surface area contributed by atoms with Crippen LogP contribution in [0.25, 0.3) is 0 Å². The largest absolute Gasteiger partial charge is 0.461 e. The first-order valence-electron chi connectivity index (χ1n) is 6.14. The van der Waals surface area contributed by atoms with Crippen LogP contribution in [-0.4, -0.2) is 30.9 Å². The number of ketones is 1. The van der Waals surface area contributed by atoms with Gasteiger partial charge in [0.25, 0.3) is 0 Å². The fraction of sp³-hybridized carbons (Fsp3) is 0.267. The quantitative estimate of drug-likeness (QED) is 0.456. The van der Waals surface area contributed by atoms with Crippen molar-refractivity contribution in [3.63, 3.8) is 0 Å². The second kappa shape index (κ2) is 7.94. The number of allylic oxidation sites excluding steroid dienone is 1. The summed E-state index contributed by atoms with van der Waals surface area (Å²) < 4.78 is 22.4. The van der Waals surface area contributed by atoms with Gasteiger partial charge in [-0.2, -0.15) is 0 Å². The van der Waals surface area contributed by atoms with Gasteiger partial charge in [-0.15, -0.1) is 0 Å². The van der Waals surface area contributed by atoms with Crippen molar-refractivity contribution >= 4 is 17.7 Å². The number of benzene rings is 1. The molecular weight excluding hydrogens is 279 g/mol. The molecular formula is C15H15FO5. The average Bonchev–Trinajstić information content (AvgIpc) is 2.42. The summed E-state index contributed by atoms with van der Waals surface area (Å²) in [4.78, 5) is 33.6. The molecule has 0 radical (unpaired) electrons. The molecule has 0 unspecified atom stereocenters. The lowest BCUT2D eigenvalue weighted by Crippen LogP contribution is -2.12. The maximum atomic E-state index is 12.8. The Kier molecular flexibility index (Phi) is 6.26. The Hall–Kier alpha value is -2.50. The van der Waals surface area contributed by atoms with Crippen molar-refractivity contribution in [1.82, 2.24) is 0 Å². The van der Waals surface area contributed by atoms with Gasteiger partial charge in [0.2, 0.25) is 0 Å². The third kappa shape index (κ3) is 6.47. The van der Waals surface area contributed by atoms with Gasteiger partial charge < -0.3 is 9.47 Å². The van der Waals surface area contributed by atoms with E-state index >= 15 is 0 Å². The van der Waals surface area contributed by atoms with Gasteiger partial charge >= 0.3 is 11.9 Å². The van der Waals surface area contributed by atoms with Crippen molar-refractivity contribution in [1.29, 1.82) is 0 Å². The van der Waals surface area contributed by atoms with Gasteiger partial charge in [-0.25, -0.2) is 4.39 Å². The zero-order valence-corrected chi connectivity index (χ0v) is 11.7. The number of halogens is 1. The Bertz CT molecular complexity index is 540. The van der Waals surface area contributed by atoms with Crippen molar-refractivity contribution in [2.75, 3.05) is 13.2 Å². The number of hydrogen-bond donors (Lipinski definition) is 0. The molecule has 21 heavy (non-hydrogen) atoms. The molecule has 0 atom stereocenters. The molecule has 1 aromatic carbocycles. The summed E-state index contributed by atoms with van der Waals surface area (Å²) >= 11 is 0. The summed E-state index contributed by atoms with van der Waals surface area (Å²) in [6, 6.07) is 5.00. The zero-order valence-electron chi connectivity index (χ0n) is 11.7. The van der Waals surface area contributed by atoms with E-state index in [0.29, 0.717) is 5.57 Å². The van der Waals surface area contributed by atoms with Crippen LogP contribution in [0, 0.1) is 5.82 Å². The predicted molar refractivity (Wildman–Crippen MR) is 72.1 cm³/mol. The smallest absolute Gasteiger partial charge is 0.302 e. The van der Waals surface area contributed by atoms with Gasteiger partial charge in [-0.1, -0.05) is 0 Å². The van der Waals surface area contributed by atoms with Crippen LogP contribution in [0.2, 0.25) is 0 Å². The number of carbonyl (C=O) groups is 3. The molecule has 0 aromatic heterocycles. The highest BCUT2D eigenvalue weighted by atomic mass is 19.1. The number of hydrogen-bond acceptors (Lipinski definition) is 5. The molecule has 0 amide bonds. The zero-order chi connectivity index (χ0) is 15.8. The summed E-state index contributed by atoms with van der Waals surface area (Å²) in [6.45, 7) is 2.14. The maximum Gasteiger partial charge on any atom is 0.302 e. The first kappa shape index (κ1) is 16.6. The van der Waals surface area contributed by atoms with Gasteiger partial charge in [0.1, 0.15) is 19.0 Å². The summed E-state index contributed by atoms with van der Waals surface area (Å²) in [6.07, 6.45) is 1.21. The summed E-state index contributed by atoms with van der Waals surface area (Å²) in [5.41, 5.74) is 0.606. The molecule has 0 bridgehead atoms. The molecule has 0 fully saturated rings. The Labute approximate surface area is 121 Å². The van der Waals surface area contributed by atoms with Crippen LogP contribution in [-0.2, 0) is 19.1 Å². The summed E-state index contributed by atoms with van der Waals surface area (Å²) in [7, 11) is 0. The average molecular weight is 294 g/mol. The summed E-state index contributed by atoms with van der Waals surface area (Å²) in [5, 5.41) is 0. The van der Waals surface area contributed by atoms with Crippen molar-refractivity contribution in [3.8, 4) is 0 Å². The summed E-state index contributed by atoms with van der Waals surface area (Å²) in [5.74, 6) is -1.88. The van der Waals surface area contributed by atoms with E-state index in [9.17, 15) is 18.8 Å². The topological polar surface area (TPSA) is 69.7 Å². The monoisotopic (exact) mass is 294 g/mol. The van der Waals surface area contributed by atoms with Crippen molar-refractivity contribution in [2.45, 2.75) is 13.8 Å². The van der Waals surface area contributed by atoms with Crippen LogP contribution in [0.4, 0.5) is 4.39 Å². The van der Waals surface area contributed by atoms with Gasteiger partial charge in [0, 0.05) is 25.0 Å². The predicted octanol–water partition coefficient (Wildman–Crippen LogP) is 2.06. The van der Waals surface area contributed by atoms with Crippen LogP contribution in [0.15, 0.2) is 35.9 Å². The van der Waals surface area contributed by atoms with E-state index in [4.69, 9.17) is 9.47 Å². The first-order chi connectivity index (χ1) is 9.88.